The van der Waals surface area contributed by atoms with Crippen molar-refractivity contribution in [2.75, 3.05) is 20.1 Å². The van der Waals surface area contributed by atoms with E-state index in [9.17, 15) is 4.39 Å². The number of aromatic nitrogens is 4. The molecule has 0 fully saturated rings. The van der Waals surface area contributed by atoms with Crippen LogP contribution in [-0.2, 0) is 19.4 Å². The summed E-state index contributed by atoms with van der Waals surface area (Å²) in [4.78, 5) is 7.40. The van der Waals surface area contributed by atoms with Gasteiger partial charge >= 0.3 is 0 Å². The molecule has 1 aromatic carbocycles. The largest absolute Gasteiger partial charge is 0.361 e. The van der Waals surface area contributed by atoms with Crippen molar-refractivity contribution in [1.29, 1.82) is 0 Å². The number of aliphatic imine (C=N–C) groups is 1. The van der Waals surface area contributed by atoms with Gasteiger partial charge in [-0.2, -0.15) is 0 Å². The molecule has 146 valence electrons. The predicted molar refractivity (Wildman–Crippen MR) is 116 cm³/mol. The van der Waals surface area contributed by atoms with Crippen LogP contribution >= 0.6 is 24.0 Å². The number of hydrogen-bond donors (Lipinski definition) is 3. The first-order valence-electron chi connectivity index (χ1n) is 8.78. The first-order chi connectivity index (χ1) is 12.7. The van der Waals surface area contributed by atoms with E-state index in [2.05, 4.69) is 37.7 Å². The van der Waals surface area contributed by atoms with Gasteiger partial charge in [0.1, 0.15) is 18.0 Å². The standard InChI is InChI=1S/C18H24FN7.HI/c1-3-17-25-24-12-26(17)9-8-22-18(20-2)21-7-6-13-11-23-16-5-4-14(19)10-15(13)16;/h4-5,10-12,23H,3,6-9H2,1-2H3,(H2,20,21,22);1H. The third kappa shape index (κ3) is 5.41. The highest BCUT2D eigenvalue weighted by Crippen LogP contribution is 2.19. The van der Waals surface area contributed by atoms with E-state index < -0.39 is 0 Å². The Morgan fingerprint density at radius 3 is 2.89 bits per heavy atom. The van der Waals surface area contributed by atoms with Crippen LogP contribution in [0.5, 0.6) is 0 Å². The molecule has 7 nitrogen and oxygen atoms in total. The third-order valence-corrected chi connectivity index (χ3v) is 4.30. The van der Waals surface area contributed by atoms with Gasteiger partial charge in [0.2, 0.25) is 0 Å². The lowest BCUT2D eigenvalue weighted by atomic mass is 10.1. The van der Waals surface area contributed by atoms with E-state index in [-0.39, 0.29) is 29.8 Å². The average molecular weight is 485 g/mol. The van der Waals surface area contributed by atoms with E-state index in [1.807, 2.05) is 10.8 Å². The number of halogens is 2. The zero-order valence-corrected chi connectivity index (χ0v) is 17.8. The van der Waals surface area contributed by atoms with Crippen LogP contribution in [0.1, 0.15) is 18.3 Å². The van der Waals surface area contributed by atoms with Crippen LogP contribution in [-0.4, -0.2) is 45.8 Å². The van der Waals surface area contributed by atoms with E-state index >= 15 is 0 Å². The van der Waals surface area contributed by atoms with Crippen molar-refractivity contribution in [3.05, 3.63) is 47.9 Å². The van der Waals surface area contributed by atoms with Crippen molar-refractivity contribution in [3.63, 3.8) is 0 Å². The maximum Gasteiger partial charge on any atom is 0.191 e. The fraction of sp³-hybridized carbons (Fsp3) is 0.389. The molecule has 2 heterocycles. The molecular formula is C18H25FIN7. The van der Waals surface area contributed by atoms with Crippen LogP contribution in [0, 0.1) is 5.82 Å². The minimum atomic E-state index is -0.218. The summed E-state index contributed by atoms with van der Waals surface area (Å²) in [5, 5.41) is 15.5. The minimum Gasteiger partial charge on any atom is -0.361 e. The molecule has 0 bridgehead atoms. The molecule has 3 rings (SSSR count). The summed E-state index contributed by atoms with van der Waals surface area (Å²) in [5.74, 6) is 1.49. The summed E-state index contributed by atoms with van der Waals surface area (Å²) >= 11 is 0. The first-order valence-corrected chi connectivity index (χ1v) is 8.78. The Hall–Kier alpha value is -2.17. The third-order valence-electron chi connectivity index (χ3n) is 4.30. The van der Waals surface area contributed by atoms with Crippen LogP contribution in [0.25, 0.3) is 10.9 Å². The number of hydrogen-bond acceptors (Lipinski definition) is 3. The highest BCUT2D eigenvalue weighted by molar-refractivity contribution is 14.0. The van der Waals surface area contributed by atoms with Crippen LogP contribution < -0.4 is 10.6 Å². The second-order valence-corrected chi connectivity index (χ2v) is 5.97. The second kappa shape index (κ2) is 10.2. The second-order valence-electron chi connectivity index (χ2n) is 5.97. The lowest BCUT2D eigenvalue weighted by Crippen LogP contribution is -2.39. The summed E-state index contributed by atoms with van der Waals surface area (Å²) in [7, 11) is 1.74. The monoisotopic (exact) mass is 485 g/mol. The van der Waals surface area contributed by atoms with Gasteiger partial charge in [0.05, 0.1) is 0 Å². The van der Waals surface area contributed by atoms with E-state index in [0.29, 0.717) is 6.54 Å². The summed E-state index contributed by atoms with van der Waals surface area (Å²) < 4.78 is 15.5. The van der Waals surface area contributed by atoms with Crippen molar-refractivity contribution in [1.82, 2.24) is 30.4 Å². The highest BCUT2D eigenvalue weighted by Gasteiger charge is 2.06. The first kappa shape index (κ1) is 21.1. The fourth-order valence-corrected chi connectivity index (χ4v) is 2.93. The topological polar surface area (TPSA) is 82.9 Å². The van der Waals surface area contributed by atoms with Crippen molar-refractivity contribution in [2.24, 2.45) is 4.99 Å². The van der Waals surface area contributed by atoms with Crippen molar-refractivity contribution in [2.45, 2.75) is 26.3 Å². The van der Waals surface area contributed by atoms with Crippen molar-refractivity contribution in [3.8, 4) is 0 Å². The number of aromatic amines is 1. The molecule has 0 aliphatic heterocycles. The Morgan fingerprint density at radius 2 is 2.11 bits per heavy atom. The number of H-pyrrole nitrogens is 1. The smallest absolute Gasteiger partial charge is 0.191 e. The number of benzene rings is 1. The van der Waals surface area contributed by atoms with Crippen LogP contribution in [0.3, 0.4) is 0 Å². The molecule has 0 aliphatic rings. The van der Waals surface area contributed by atoms with E-state index in [1.165, 1.54) is 6.07 Å². The Kier molecular flexibility index (Phi) is 8.01. The molecular weight excluding hydrogens is 460 g/mol. The van der Waals surface area contributed by atoms with Crippen LogP contribution in [0.15, 0.2) is 35.7 Å². The Morgan fingerprint density at radius 1 is 1.30 bits per heavy atom. The normalized spacial score (nSPS) is 11.4. The number of nitrogens with one attached hydrogen (secondary N) is 3. The molecule has 27 heavy (non-hydrogen) atoms. The SMILES string of the molecule is CCc1nncn1CCNC(=NC)NCCc1c[nH]c2ccc(F)cc12.I. The van der Waals surface area contributed by atoms with Gasteiger partial charge in [-0.05, 0) is 30.2 Å². The zero-order chi connectivity index (χ0) is 18.4. The summed E-state index contributed by atoms with van der Waals surface area (Å²) in [6.07, 6.45) is 5.31. The molecule has 0 saturated carbocycles. The number of fused-ring (bicyclic) bond motifs is 1. The zero-order valence-electron chi connectivity index (χ0n) is 15.5. The van der Waals surface area contributed by atoms with Crippen molar-refractivity contribution < 1.29 is 4.39 Å². The molecule has 3 N–H and O–H groups in total. The molecule has 0 spiro atoms. The Balaban J connectivity index is 0.00000261. The molecule has 0 atom stereocenters. The molecule has 0 amide bonds. The van der Waals surface area contributed by atoms with Crippen LogP contribution in [0.4, 0.5) is 4.39 Å². The van der Waals surface area contributed by atoms with Gasteiger partial charge in [0.25, 0.3) is 0 Å². The molecule has 0 unspecified atom stereocenters. The van der Waals surface area contributed by atoms with E-state index in [0.717, 1.165) is 54.2 Å². The quantitative estimate of drug-likeness (QED) is 0.273. The lowest BCUT2D eigenvalue weighted by molar-refractivity contribution is 0.629. The van der Waals surface area contributed by atoms with Gasteiger partial charge in [-0.15, -0.1) is 34.2 Å². The molecule has 0 radical (unpaired) electrons. The molecule has 0 saturated heterocycles. The maximum absolute atomic E-state index is 13.4. The lowest BCUT2D eigenvalue weighted by Gasteiger charge is -2.12. The summed E-state index contributed by atoms with van der Waals surface area (Å²) in [6, 6.07) is 4.79. The molecule has 0 aliphatic carbocycles. The maximum atomic E-state index is 13.4. The van der Waals surface area contributed by atoms with E-state index in [4.69, 9.17) is 0 Å². The Labute approximate surface area is 174 Å². The van der Waals surface area contributed by atoms with E-state index in [1.54, 1.807) is 25.5 Å². The number of guanidine groups is 1. The molecule has 3 aromatic rings. The van der Waals surface area contributed by atoms with Gasteiger partial charge in [-0.25, -0.2) is 4.39 Å². The van der Waals surface area contributed by atoms with Gasteiger partial charge in [0.15, 0.2) is 5.96 Å². The van der Waals surface area contributed by atoms with Crippen molar-refractivity contribution >= 4 is 40.8 Å². The molecule has 2 aromatic heterocycles. The van der Waals surface area contributed by atoms with Crippen LogP contribution in [0.2, 0.25) is 0 Å². The Bertz CT molecular complexity index is 887. The predicted octanol–water partition coefficient (Wildman–Crippen LogP) is 2.49. The van der Waals surface area contributed by atoms with Gasteiger partial charge in [-0.1, -0.05) is 6.92 Å². The summed E-state index contributed by atoms with van der Waals surface area (Å²) in [5.41, 5.74) is 2.03. The fourth-order valence-electron chi connectivity index (χ4n) is 2.93. The number of nitrogens with zero attached hydrogens (tertiary/aromatic N) is 4. The molecule has 9 heteroatoms. The number of rotatable bonds is 7. The van der Waals surface area contributed by atoms with Gasteiger partial charge < -0.3 is 20.2 Å². The number of aryl methyl sites for hydroxylation is 1. The van der Waals surface area contributed by atoms with Gasteiger partial charge in [0, 0.05) is 50.2 Å². The van der Waals surface area contributed by atoms with Gasteiger partial charge in [-0.3, -0.25) is 4.99 Å². The average Bonchev–Trinajstić information content (AvgIpc) is 3.27. The minimum absolute atomic E-state index is 0. The summed E-state index contributed by atoms with van der Waals surface area (Å²) in [6.45, 7) is 4.27. The highest BCUT2D eigenvalue weighted by atomic mass is 127.